The van der Waals surface area contributed by atoms with Crippen molar-refractivity contribution < 1.29 is 37.3 Å². The van der Waals surface area contributed by atoms with Crippen molar-refractivity contribution in [1.82, 2.24) is 5.32 Å². The number of amides is 1. The summed E-state index contributed by atoms with van der Waals surface area (Å²) in [7, 11) is 1.19. The van der Waals surface area contributed by atoms with Gasteiger partial charge < -0.3 is 28.5 Å². The lowest BCUT2D eigenvalue weighted by Gasteiger charge is -2.30. The third-order valence-corrected chi connectivity index (χ3v) is 15.7. The van der Waals surface area contributed by atoms with Crippen LogP contribution >= 0.6 is 7.82 Å². The van der Waals surface area contributed by atoms with Crippen LogP contribution in [0.25, 0.3) is 0 Å². The van der Waals surface area contributed by atoms with Gasteiger partial charge in [-0.15, -0.1) is 0 Å². The van der Waals surface area contributed by atoms with Crippen LogP contribution in [0, 0.1) is 0 Å². The third-order valence-electron chi connectivity index (χ3n) is 14.8. The molecule has 0 spiro atoms. The number of esters is 1. The molecule has 0 aliphatic carbocycles. The second-order valence-corrected chi connectivity index (χ2v) is 25.0. The standard InChI is InChI=1S/C67H127N2O7P/c1-7-10-13-16-19-22-25-28-30-31-32-33-34-35-36-37-38-39-40-42-45-48-51-54-57-60-67(71)76-65(58-55-52-49-46-43-27-24-21-18-15-12-9-3)64(63-75-77(72,73)74-62-61-69(4,5)6)68-66(70)59-56-53-50-47-44-41-29-26-23-20-17-14-11-8-2/h19,22,28,30,32-33,55,58,64-65H,7-18,20-21,23-27,29,31,34-54,56-57,59-63H2,1-6H3,(H-,68,70,72,73)/b22-19-,30-28-,33-32-,58-55-. The molecule has 10 heteroatoms. The van der Waals surface area contributed by atoms with Crippen LogP contribution in [-0.4, -0.2) is 69.4 Å². The van der Waals surface area contributed by atoms with Gasteiger partial charge in [-0.1, -0.05) is 282 Å². The smallest absolute Gasteiger partial charge is 0.306 e. The van der Waals surface area contributed by atoms with Crippen LogP contribution in [0.1, 0.15) is 316 Å². The molecule has 0 saturated heterocycles. The topological polar surface area (TPSA) is 114 Å². The normalized spacial score (nSPS) is 13.9. The predicted octanol–water partition coefficient (Wildman–Crippen LogP) is 19.8. The van der Waals surface area contributed by atoms with Crippen molar-refractivity contribution in [2.75, 3.05) is 40.9 Å². The lowest BCUT2D eigenvalue weighted by atomic mass is 10.0. The number of ether oxygens (including phenoxy) is 1. The van der Waals surface area contributed by atoms with Crippen molar-refractivity contribution in [3.8, 4) is 0 Å². The van der Waals surface area contributed by atoms with Gasteiger partial charge in [-0.05, 0) is 70.3 Å². The number of phosphoric ester groups is 1. The molecule has 0 aromatic heterocycles. The highest BCUT2D eigenvalue weighted by atomic mass is 31.2. The summed E-state index contributed by atoms with van der Waals surface area (Å²) in [5.74, 6) is -0.530. The van der Waals surface area contributed by atoms with E-state index in [2.05, 4.69) is 62.5 Å². The Kier molecular flexibility index (Phi) is 55.7. The SMILES string of the molecule is CCCCC/C=C\C/C=C\C/C=C\CCCCCCCCCCCCCCC(=O)OC(/C=C\CCCCCCCCCCCC)C(COP(=O)([O-])OCC[N+](C)(C)C)NC(=O)CCCCCCCCCCCCCCCC. The first-order chi connectivity index (χ1) is 37.4. The van der Waals surface area contributed by atoms with Crippen LogP contribution in [0.15, 0.2) is 48.6 Å². The zero-order valence-corrected chi connectivity index (χ0v) is 52.6. The van der Waals surface area contributed by atoms with E-state index in [4.69, 9.17) is 13.8 Å². The number of hydrogen-bond acceptors (Lipinski definition) is 7. The second-order valence-electron chi connectivity index (χ2n) is 23.6. The zero-order valence-electron chi connectivity index (χ0n) is 51.7. The van der Waals surface area contributed by atoms with Gasteiger partial charge in [-0.3, -0.25) is 14.2 Å². The van der Waals surface area contributed by atoms with E-state index in [9.17, 15) is 19.0 Å². The minimum atomic E-state index is -4.70. The van der Waals surface area contributed by atoms with Gasteiger partial charge >= 0.3 is 5.97 Å². The summed E-state index contributed by atoms with van der Waals surface area (Å²) in [5, 5.41) is 3.03. The number of rotatable bonds is 60. The molecule has 0 radical (unpaired) electrons. The van der Waals surface area contributed by atoms with Gasteiger partial charge in [0.1, 0.15) is 19.3 Å². The zero-order chi connectivity index (χ0) is 56.4. The van der Waals surface area contributed by atoms with Crippen molar-refractivity contribution in [3.63, 3.8) is 0 Å². The van der Waals surface area contributed by atoms with Crippen molar-refractivity contribution >= 4 is 19.7 Å². The molecule has 0 saturated carbocycles. The Morgan fingerprint density at radius 2 is 0.792 bits per heavy atom. The number of allylic oxidation sites excluding steroid dienone is 7. The van der Waals surface area contributed by atoms with Gasteiger partial charge in [0, 0.05) is 12.8 Å². The fourth-order valence-corrected chi connectivity index (χ4v) is 10.4. The molecule has 1 amide bonds. The van der Waals surface area contributed by atoms with Crippen LogP contribution in [-0.2, 0) is 27.9 Å². The molecule has 0 aliphatic heterocycles. The van der Waals surface area contributed by atoms with E-state index >= 15 is 0 Å². The van der Waals surface area contributed by atoms with Crippen molar-refractivity contribution in [2.45, 2.75) is 328 Å². The first-order valence-corrected chi connectivity index (χ1v) is 34.4. The summed E-state index contributed by atoms with van der Waals surface area (Å²) in [5.41, 5.74) is 0. The van der Waals surface area contributed by atoms with Crippen molar-refractivity contribution in [1.29, 1.82) is 0 Å². The van der Waals surface area contributed by atoms with E-state index in [0.717, 1.165) is 70.6 Å². The number of carbonyl (C=O) groups excluding carboxylic acids is 2. The summed E-state index contributed by atoms with van der Waals surface area (Å²) in [4.78, 5) is 40.0. The number of nitrogens with zero attached hydrogens (tertiary/aromatic N) is 1. The number of phosphoric acid groups is 1. The Bertz CT molecular complexity index is 1460. The van der Waals surface area contributed by atoms with Gasteiger partial charge in [-0.25, -0.2) is 0 Å². The van der Waals surface area contributed by atoms with Gasteiger partial charge in [0.25, 0.3) is 7.82 Å². The maximum absolute atomic E-state index is 13.5. The summed E-state index contributed by atoms with van der Waals surface area (Å²) < 4.78 is 30.4. The Hall–Kier alpha value is -2.03. The van der Waals surface area contributed by atoms with E-state index in [1.807, 2.05) is 33.3 Å². The number of likely N-dealkylation sites (N-methyl/N-ethyl adjacent to an activating group) is 1. The molecule has 452 valence electrons. The fourth-order valence-electron chi connectivity index (χ4n) is 9.65. The molecule has 77 heavy (non-hydrogen) atoms. The Morgan fingerprint density at radius 3 is 1.21 bits per heavy atom. The Morgan fingerprint density at radius 1 is 0.455 bits per heavy atom. The Balaban J connectivity index is 5.08. The van der Waals surface area contributed by atoms with Crippen LogP contribution in [0.5, 0.6) is 0 Å². The highest BCUT2D eigenvalue weighted by molar-refractivity contribution is 7.45. The lowest BCUT2D eigenvalue weighted by Crippen LogP contribution is -2.47. The number of unbranched alkanes of at least 4 members (excludes halogenated alkanes) is 38. The first kappa shape index (κ1) is 75.0. The lowest BCUT2D eigenvalue weighted by molar-refractivity contribution is -0.870. The average Bonchev–Trinajstić information content (AvgIpc) is 3.39. The minimum Gasteiger partial charge on any atom is -0.756 e. The average molecular weight is 1100 g/mol. The second kappa shape index (κ2) is 57.2. The van der Waals surface area contributed by atoms with Gasteiger partial charge in [-0.2, -0.15) is 0 Å². The van der Waals surface area contributed by atoms with Crippen LogP contribution in [0.2, 0.25) is 0 Å². The van der Waals surface area contributed by atoms with Crippen molar-refractivity contribution in [3.05, 3.63) is 48.6 Å². The molecule has 3 atom stereocenters. The van der Waals surface area contributed by atoms with Crippen LogP contribution < -0.4 is 10.2 Å². The molecule has 0 heterocycles. The highest BCUT2D eigenvalue weighted by Gasteiger charge is 2.27. The number of hydrogen-bond donors (Lipinski definition) is 1. The summed E-state index contributed by atoms with van der Waals surface area (Å²) in [6.07, 6.45) is 70.8. The summed E-state index contributed by atoms with van der Waals surface area (Å²) >= 11 is 0. The highest BCUT2D eigenvalue weighted by Crippen LogP contribution is 2.38. The van der Waals surface area contributed by atoms with Gasteiger partial charge in [0.15, 0.2) is 0 Å². The maximum atomic E-state index is 13.5. The molecule has 1 N–H and O–H groups in total. The Labute approximate surface area is 478 Å². The maximum Gasteiger partial charge on any atom is 0.306 e. The van der Waals surface area contributed by atoms with E-state index in [1.54, 1.807) is 0 Å². The molecule has 9 nitrogen and oxygen atoms in total. The number of quaternary nitrogens is 1. The van der Waals surface area contributed by atoms with Crippen LogP contribution in [0.4, 0.5) is 0 Å². The number of nitrogens with one attached hydrogen (secondary N) is 1. The molecular formula is C67H127N2O7P. The number of carbonyl (C=O) groups is 2. The predicted molar refractivity (Wildman–Crippen MR) is 330 cm³/mol. The third kappa shape index (κ3) is 58.4. The van der Waals surface area contributed by atoms with Crippen LogP contribution in [0.3, 0.4) is 0 Å². The quantitative estimate of drug-likeness (QED) is 0.0212. The monoisotopic (exact) mass is 1100 g/mol. The molecule has 0 aromatic carbocycles. The molecule has 0 rings (SSSR count). The largest absolute Gasteiger partial charge is 0.756 e. The van der Waals surface area contributed by atoms with E-state index in [0.29, 0.717) is 17.4 Å². The van der Waals surface area contributed by atoms with E-state index in [1.165, 1.54) is 212 Å². The molecule has 0 bridgehead atoms. The first-order valence-electron chi connectivity index (χ1n) is 32.9. The molecule has 0 aromatic rings. The molecule has 3 unspecified atom stereocenters. The minimum absolute atomic E-state index is 0.0207. The molecular weight excluding hydrogens is 976 g/mol. The summed E-state index contributed by atoms with van der Waals surface area (Å²) in [6.45, 7) is 6.85. The van der Waals surface area contributed by atoms with Gasteiger partial charge in [0.2, 0.25) is 5.91 Å². The van der Waals surface area contributed by atoms with Crippen molar-refractivity contribution in [2.24, 2.45) is 0 Å². The van der Waals surface area contributed by atoms with Gasteiger partial charge in [0.05, 0.1) is 33.8 Å². The fraction of sp³-hybridized carbons (Fsp3) is 0.851. The molecule has 0 aliphatic rings. The molecule has 0 fully saturated rings. The van der Waals surface area contributed by atoms with E-state index < -0.39 is 20.0 Å². The summed E-state index contributed by atoms with van der Waals surface area (Å²) in [6, 6.07) is -0.885. The van der Waals surface area contributed by atoms with E-state index in [-0.39, 0.29) is 31.5 Å².